The summed E-state index contributed by atoms with van der Waals surface area (Å²) in [5, 5.41) is 18.9. The van der Waals surface area contributed by atoms with Gasteiger partial charge in [-0.3, -0.25) is 14.7 Å². The summed E-state index contributed by atoms with van der Waals surface area (Å²) < 4.78 is 50.1. The second-order valence-electron chi connectivity index (χ2n) is 16.9. The van der Waals surface area contributed by atoms with Gasteiger partial charge in [-0.1, -0.05) is 85.6 Å². The number of rotatable bonds is 9. The SMILES string of the molecule is Brc1cscn1.CC1(CC(=O)c2ccc3c(-c4ccccc4Cl)n[nH]c3c2)CCS(=O)(=O)C1.CC1(CC(=O)c2ccc3c(-c4ccccc4Cl)nn(-c4cscn4)c3c2)CCS(=O)(=O)C1. The van der Waals surface area contributed by atoms with Crippen molar-refractivity contribution in [2.75, 3.05) is 23.0 Å². The molecule has 0 spiro atoms. The zero-order valence-corrected chi connectivity index (χ0v) is 41.4. The second kappa shape index (κ2) is 18.9. The normalized spacial score (nSPS) is 19.6. The third-order valence-corrected chi connectivity index (χ3v) is 18.0. The molecule has 2 unspecified atom stereocenters. The summed E-state index contributed by atoms with van der Waals surface area (Å²) >= 11 is 18.9. The number of H-pyrrole nitrogens is 1. The number of halogens is 3. The molecule has 10 rings (SSSR count). The lowest BCUT2D eigenvalue weighted by Crippen LogP contribution is -2.22. The molecule has 1 N–H and O–H groups in total. The van der Waals surface area contributed by atoms with Gasteiger partial charge in [0, 0.05) is 56.6 Å². The first-order valence-electron chi connectivity index (χ1n) is 20.3. The molecule has 2 aliphatic heterocycles. The van der Waals surface area contributed by atoms with Crippen molar-refractivity contribution in [3.8, 4) is 28.3 Å². The third-order valence-electron chi connectivity index (χ3n) is 11.5. The van der Waals surface area contributed by atoms with Crippen LogP contribution in [-0.4, -0.2) is 81.4 Å². The summed E-state index contributed by atoms with van der Waals surface area (Å²) in [5.41, 5.74) is 8.18. The lowest BCUT2D eigenvalue weighted by atomic mass is 9.83. The molecule has 0 radical (unpaired) electrons. The van der Waals surface area contributed by atoms with Crippen LogP contribution in [0.25, 0.3) is 50.1 Å². The van der Waals surface area contributed by atoms with Crippen molar-refractivity contribution in [2.45, 2.75) is 39.5 Å². The van der Waals surface area contributed by atoms with Gasteiger partial charge in [0.2, 0.25) is 0 Å². The Hall–Kier alpha value is -4.62. The molecule has 2 fully saturated rings. The number of sulfone groups is 2. The Morgan fingerprint density at radius 3 is 1.75 bits per heavy atom. The van der Waals surface area contributed by atoms with E-state index in [0.717, 1.165) is 43.2 Å². The first-order chi connectivity index (χ1) is 30.9. The molecule has 19 heteroatoms. The highest BCUT2D eigenvalue weighted by atomic mass is 79.9. The Balaban J connectivity index is 0.000000159. The van der Waals surface area contributed by atoms with Crippen LogP contribution < -0.4 is 0 Å². The van der Waals surface area contributed by atoms with Crippen molar-refractivity contribution >= 4 is 115 Å². The number of fused-ring (bicyclic) bond motifs is 2. The van der Waals surface area contributed by atoms with Crippen molar-refractivity contribution in [3.63, 3.8) is 0 Å². The second-order valence-corrected chi connectivity index (χ2v) is 24.4. The zero-order chi connectivity index (χ0) is 46.1. The smallest absolute Gasteiger partial charge is 0.164 e. The van der Waals surface area contributed by atoms with Gasteiger partial charge in [-0.2, -0.15) is 10.2 Å². The lowest BCUT2D eigenvalue weighted by molar-refractivity contribution is 0.0925. The zero-order valence-electron chi connectivity index (χ0n) is 35.0. The predicted octanol–water partition coefficient (Wildman–Crippen LogP) is 11.4. The topological polar surface area (TPSA) is 175 Å². The summed E-state index contributed by atoms with van der Waals surface area (Å²) in [7, 11) is -6.10. The van der Waals surface area contributed by atoms with Gasteiger partial charge < -0.3 is 0 Å². The van der Waals surface area contributed by atoms with Crippen molar-refractivity contribution in [1.29, 1.82) is 0 Å². The molecule has 8 aromatic rings. The van der Waals surface area contributed by atoms with E-state index in [4.69, 9.17) is 28.3 Å². The van der Waals surface area contributed by atoms with Gasteiger partial charge in [-0.25, -0.2) is 31.5 Å². The molecule has 4 aromatic heterocycles. The molecular weight excluding hydrogens is 1010 g/mol. The molecule has 0 saturated carbocycles. The summed E-state index contributed by atoms with van der Waals surface area (Å²) in [6, 6.07) is 25.9. The van der Waals surface area contributed by atoms with E-state index in [-0.39, 0.29) is 47.4 Å². The molecule has 0 bridgehead atoms. The number of hydrogen-bond acceptors (Lipinski definition) is 12. The van der Waals surface area contributed by atoms with Crippen LogP contribution in [0, 0.1) is 10.8 Å². The van der Waals surface area contributed by atoms with Crippen LogP contribution in [0.3, 0.4) is 0 Å². The van der Waals surface area contributed by atoms with Gasteiger partial charge in [-0.15, -0.1) is 22.7 Å². The fourth-order valence-corrected chi connectivity index (χ4v) is 14.7. The average Bonchev–Trinajstić information content (AvgIpc) is 4.14. The average molecular weight is 1050 g/mol. The minimum atomic E-state index is -3.07. The fourth-order valence-electron chi connectivity index (χ4n) is 8.29. The number of ketones is 2. The predicted molar refractivity (Wildman–Crippen MR) is 264 cm³/mol. The molecule has 4 aromatic carbocycles. The molecule has 336 valence electrons. The number of hydrogen-bond donors (Lipinski definition) is 1. The molecule has 2 aliphatic rings. The highest BCUT2D eigenvalue weighted by molar-refractivity contribution is 9.10. The number of benzene rings is 4. The Morgan fingerprint density at radius 2 is 1.26 bits per heavy atom. The van der Waals surface area contributed by atoms with E-state index in [1.54, 1.807) is 45.2 Å². The van der Waals surface area contributed by atoms with Crippen LogP contribution in [0.15, 0.2) is 111 Å². The van der Waals surface area contributed by atoms with Crippen LogP contribution in [0.1, 0.15) is 60.2 Å². The van der Waals surface area contributed by atoms with Gasteiger partial charge in [-0.05, 0) is 76.0 Å². The Kier molecular flexibility index (Phi) is 13.7. The maximum absolute atomic E-state index is 13.1. The number of aromatic nitrogens is 6. The van der Waals surface area contributed by atoms with E-state index in [2.05, 4.69) is 36.1 Å². The van der Waals surface area contributed by atoms with E-state index in [1.165, 1.54) is 11.3 Å². The number of thiazole rings is 2. The quantitative estimate of drug-likeness (QED) is 0.137. The summed E-state index contributed by atoms with van der Waals surface area (Å²) in [6.07, 6.45) is 1.46. The Morgan fingerprint density at radius 1 is 0.723 bits per heavy atom. The van der Waals surface area contributed by atoms with E-state index in [9.17, 15) is 26.4 Å². The first kappa shape index (κ1) is 46.9. The van der Waals surface area contributed by atoms with E-state index < -0.39 is 30.5 Å². The molecule has 6 heterocycles. The number of nitrogens with one attached hydrogen (secondary N) is 1. The molecule has 65 heavy (non-hydrogen) atoms. The van der Waals surface area contributed by atoms with Crippen LogP contribution in [-0.2, 0) is 19.7 Å². The largest absolute Gasteiger partial charge is 0.294 e. The standard InChI is InChI=1S/C23H20ClN3O3S2.C20H19ClN2O3S.C3H2BrNS/c1-23(8-9-32(29,30)13-23)11-20(28)15-6-7-17-19(10-15)27(21-12-31-14-25-21)26-22(17)16-4-2-3-5-18(16)24;1-20(8-9-27(25,26)12-20)11-18(24)13-6-7-15-17(10-13)22-23-19(15)14-4-2-3-5-16(14)21;4-3-1-6-2-5-3/h2-7,10,12,14H,8-9,11,13H2,1H3;2-7,10H,8-9,11-12H2,1H3,(H,22,23);1-2H. The molecule has 2 atom stereocenters. The van der Waals surface area contributed by atoms with E-state index >= 15 is 0 Å². The molecule has 0 amide bonds. The van der Waals surface area contributed by atoms with Crippen molar-refractivity contribution in [3.05, 3.63) is 132 Å². The molecule has 2 saturated heterocycles. The third kappa shape index (κ3) is 10.8. The van der Waals surface area contributed by atoms with Gasteiger partial charge in [0.05, 0.1) is 55.1 Å². The van der Waals surface area contributed by atoms with Crippen molar-refractivity contribution in [1.82, 2.24) is 29.9 Å². The maximum atomic E-state index is 13.1. The lowest BCUT2D eigenvalue weighted by Gasteiger charge is -2.20. The maximum Gasteiger partial charge on any atom is 0.164 e. The van der Waals surface area contributed by atoms with Crippen LogP contribution >= 0.6 is 61.8 Å². The van der Waals surface area contributed by atoms with Gasteiger partial charge in [0.1, 0.15) is 16.0 Å². The minimum absolute atomic E-state index is 0.0506. The first-order valence-corrected chi connectivity index (χ1v) is 27.4. The summed E-state index contributed by atoms with van der Waals surface area (Å²) in [4.78, 5) is 34.1. The summed E-state index contributed by atoms with van der Waals surface area (Å²) in [6.45, 7) is 3.75. The highest BCUT2D eigenvalue weighted by Crippen LogP contribution is 2.39. The van der Waals surface area contributed by atoms with Crippen molar-refractivity contribution < 1.29 is 26.4 Å². The monoisotopic (exact) mass is 1050 g/mol. The van der Waals surface area contributed by atoms with Crippen LogP contribution in [0.4, 0.5) is 0 Å². The number of aromatic amines is 1. The van der Waals surface area contributed by atoms with Gasteiger partial charge in [0.25, 0.3) is 0 Å². The van der Waals surface area contributed by atoms with Crippen molar-refractivity contribution in [2.24, 2.45) is 10.8 Å². The number of Topliss-reactive ketones (excluding diaryl/α,β-unsaturated/α-hetero) is 2. The highest BCUT2D eigenvalue weighted by Gasteiger charge is 2.41. The molecular formula is C46H41BrCl2N6O6S4. The Labute approximate surface area is 402 Å². The summed E-state index contributed by atoms with van der Waals surface area (Å²) in [5.74, 6) is 0.986. The van der Waals surface area contributed by atoms with E-state index in [1.807, 2.05) is 91.3 Å². The van der Waals surface area contributed by atoms with Gasteiger partial charge in [0.15, 0.2) is 37.1 Å². The fraction of sp³-hybridized carbons (Fsp3) is 0.261. The number of carbonyl (C=O) groups is 2. The molecule has 0 aliphatic carbocycles. The number of nitrogens with zero attached hydrogens (tertiary/aromatic N) is 5. The Bertz CT molecular complexity index is 3290. The molecule has 12 nitrogen and oxygen atoms in total. The van der Waals surface area contributed by atoms with Gasteiger partial charge >= 0.3 is 0 Å². The minimum Gasteiger partial charge on any atom is -0.294 e. The van der Waals surface area contributed by atoms with E-state index in [0.29, 0.717) is 45.5 Å². The number of carbonyl (C=O) groups excluding carboxylic acids is 2. The van der Waals surface area contributed by atoms with Crippen LogP contribution in [0.2, 0.25) is 10.0 Å². The van der Waals surface area contributed by atoms with Crippen LogP contribution in [0.5, 0.6) is 0 Å².